The van der Waals surface area contributed by atoms with E-state index in [1.165, 1.54) is 0 Å². The molecule has 2 saturated carbocycles. The molecule has 0 aromatic heterocycles. The van der Waals surface area contributed by atoms with Gasteiger partial charge in [0, 0.05) is 5.41 Å². The van der Waals surface area contributed by atoms with Gasteiger partial charge in [0.1, 0.15) is 6.10 Å². The summed E-state index contributed by atoms with van der Waals surface area (Å²) in [4.78, 5) is 22.1. The number of aliphatic carboxylic acids is 1. The molecule has 0 amide bonds. The summed E-state index contributed by atoms with van der Waals surface area (Å²) in [6.45, 7) is 10.7. The number of hydrogen-bond acceptors (Lipinski definition) is 6. The van der Waals surface area contributed by atoms with Gasteiger partial charge in [0.15, 0.2) is 0 Å². The van der Waals surface area contributed by atoms with Gasteiger partial charge in [0.2, 0.25) is 0 Å². The van der Waals surface area contributed by atoms with Gasteiger partial charge in [-0.2, -0.15) is 0 Å². The second-order valence-corrected chi connectivity index (χ2v) is 10.9. The number of hydrogen-bond donors (Lipinski definition) is 4. The van der Waals surface area contributed by atoms with E-state index in [4.69, 9.17) is 9.84 Å². The van der Waals surface area contributed by atoms with Gasteiger partial charge in [-0.25, -0.2) is 0 Å². The molecule has 0 aromatic carbocycles. The molecule has 0 aromatic rings. The van der Waals surface area contributed by atoms with E-state index in [2.05, 4.69) is 27.7 Å². The lowest BCUT2D eigenvalue weighted by molar-refractivity contribution is -0.264. The molecule has 0 unspecified atom stereocenters. The van der Waals surface area contributed by atoms with E-state index in [1.807, 2.05) is 0 Å². The van der Waals surface area contributed by atoms with Crippen LogP contribution in [-0.4, -0.2) is 56.8 Å². The van der Waals surface area contributed by atoms with Crippen LogP contribution in [0.3, 0.4) is 0 Å². The lowest BCUT2D eigenvalue weighted by atomic mass is 9.42. The molecule has 0 spiro atoms. The fourth-order valence-corrected chi connectivity index (χ4v) is 6.09. The number of carbonyl (C=O) groups is 2. The first-order valence-corrected chi connectivity index (χ1v) is 11.7. The van der Waals surface area contributed by atoms with Crippen molar-refractivity contribution in [3.05, 3.63) is 0 Å². The zero-order valence-electron chi connectivity index (χ0n) is 19.8. The summed E-state index contributed by atoms with van der Waals surface area (Å²) in [6.07, 6.45) is 2.48. The molecule has 0 heterocycles. The van der Waals surface area contributed by atoms with Crippen LogP contribution in [0.15, 0.2) is 0 Å². The van der Waals surface area contributed by atoms with E-state index in [1.54, 1.807) is 6.92 Å². The van der Waals surface area contributed by atoms with E-state index >= 15 is 0 Å². The smallest absolute Gasteiger partial charge is 0.306 e. The number of rotatable bonds is 9. The zero-order chi connectivity index (χ0) is 23.6. The van der Waals surface area contributed by atoms with E-state index < -0.39 is 35.2 Å². The Balaban J connectivity index is 1.98. The minimum absolute atomic E-state index is 0.0788. The van der Waals surface area contributed by atoms with Crippen LogP contribution in [0.2, 0.25) is 0 Å². The minimum atomic E-state index is -1.34. The van der Waals surface area contributed by atoms with E-state index in [0.717, 1.165) is 25.7 Å². The molecule has 0 saturated heterocycles. The first-order chi connectivity index (χ1) is 14.3. The van der Waals surface area contributed by atoms with Crippen LogP contribution in [0, 0.1) is 28.6 Å². The standard InChI is InChI=1S/C24H42O7/c1-15(10-13-31-20(28)7-6-19(26)27)8-11-22(3)16(2)9-12-23(4)18(22)14-17(25)21(29)24(23,5)30/h15-18,21,25,29-30H,6-14H2,1-5H3,(H,26,27)/t15-,16+,17+,18-,21+,22+,23-,24-/m1/s1. The average Bonchev–Trinajstić information content (AvgIpc) is 2.69. The van der Waals surface area contributed by atoms with Crippen molar-refractivity contribution in [1.29, 1.82) is 0 Å². The van der Waals surface area contributed by atoms with Gasteiger partial charge in [-0.3, -0.25) is 9.59 Å². The summed E-state index contributed by atoms with van der Waals surface area (Å²) >= 11 is 0. The molecule has 7 heteroatoms. The molecular weight excluding hydrogens is 400 g/mol. The Morgan fingerprint density at radius 3 is 2.39 bits per heavy atom. The van der Waals surface area contributed by atoms with Crippen molar-refractivity contribution < 1.29 is 34.8 Å². The van der Waals surface area contributed by atoms with Crippen molar-refractivity contribution in [3.8, 4) is 0 Å². The number of carboxylic acid groups (broad SMARTS) is 1. The van der Waals surface area contributed by atoms with Crippen molar-refractivity contribution in [1.82, 2.24) is 0 Å². The lowest BCUT2D eigenvalue weighted by Gasteiger charge is -2.64. The monoisotopic (exact) mass is 442 g/mol. The maximum Gasteiger partial charge on any atom is 0.306 e. The molecule has 2 aliphatic rings. The first kappa shape index (κ1) is 26.1. The Labute approximate surface area is 186 Å². The number of fused-ring (bicyclic) bond motifs is 1. The highest BCUT2D eigenvalue weighted by Gasteiger charge is 2.64. The molecule has 180 valence electrons. The Kier molecular flexibility index (Phi) is 8.20. The van der Waals surface area contributed by atoms with E-state index in [0.29, 0.717) is 24.7 Å². The van der Waals surface area contributed by atoms with Crippen molar-refractivity contribution in [3.63, 3.8) is 0 Å². The molecular formula is C24H42O7. The third kappa shape index (κ3) is 5.25. The molecule has 2 rings (SSSR count). The molecule has 8 atom stereocenters. The summed E-state index contributed by atoms with van der Waals surface area (Å²) in [7, 11) is 0. The highest BCUT2D eigenvalue weighted by atomic mass is 16.5. The van der Waals surface area contributed by atoms with Gasteiger partial charge in [0.05, 0.1) is 31.2 Å². The number of aliphatic hydroxyl groups is 3. The zero-order valence-corrected chi connectivity index (χ0v) is 19.8. The van der Waals surface area contributed by atoms with E-state index in [-0.39, 0.29) is 30.8 Å². The molecule has 0 aliphatic heterocycles. The molecule has 31 heavy (non-hydrogen) atoms. The molecule has 4 N–H and O–H groups in total. The van der Waals surface area contributed by atoms with Crippen LogP contribution in [0.5, 0.6) is 0 Å². The Morgan fingerprint density at radius 1 is 1.13 bits per heavy atom. The Hall–Kier alpha value is -1.18. The SMILES string of the molecule is C[C@@H](CCOC(=O)CCC(=O)O)CC[C@]1(C)[C@H]2C[C@H](O)[C@H](O)[C@@](C)(O)[C@]2(C)CC[C@@H]1C. The summed E-state index contributed by atoms with van der Waals surface area (Å²) in [5.74, 6) is -0.631. The van der Waals surface area contributed by atoms with Crippen LogP contribution in [-0.2, 0) is 14.3 Å². The van der Waals surface area contributed by atoms with Gasteiger partial charge < -0.3 is 25.2 Å². The van der Waals surface area contributed by atoms with Gasteiger partial charge >= 0.3 is 11.9 Å². The largest absolute Gasteiger partial charge is 0.481 e. The molecule has 0 radical (unpaired) electrons. The predicted molar refractivity (Wildman–Crippen MR) is 116 cm³/mol. The third-order valence-corrected chi connectivity index (χ3v) is 8.95. The third-order valence-electron chi connectivity index (χ3n) is 8.95. The second-order valence-electron chi connectivity index (χ2n) is 10.9. The van der Waals surface area contributed by atoms with Crippen molar-refractivity contribution in [2.24, 2.45) is 28.6 Å². The number of carbonyl (C=O) groups excluding carboxylic acids is 1. The maximum atomic E-state index is 11.6. The quantitative estimate of drug-likeness (QED) is 0.404. The molecule has 7 nitrogen and oxygen atoms in total. The predicted octanol–water partition coefficient (Wildman–Crippen LogP) is 3.14. The van der Waals surface area contributed by atoms with Crippen molar-refractivity contribution in [2.75, 3.05) is 6.61 Å². The van der Waals surface area contributed by atoms with Crippen LogP contribution < -0.4 is 0 Å². The van der Waals surface area contributed by atoms with Gasteiger partial charge in [-0.1, -0.05) is 34.1 Å². The van der Waals surface area contributed by atoms with Gasteiger partial charge in [0.25, 0.3) is 0 Å². The number of ether oxygens (including phenoxy) is 1. The van der Waals surface area contributed by atoms with E-state index in [9.17, 15) is 24.9 Å². The van der Waals surface area contributed by atoms with Crippen LogP contribution >= 0.6 is 0 Å². The summed E-state index contributed by atoms with van der Waals surface area (Å²) < 4.78 is 5.16. The average molecular weight is 443 g/mol. The van der Waals surface area contributed by atoms with Gasteiger partial charge in [-0.05, 0) is 62.2 Å². The fourth-order valence-electron chi connectivity index (χ4n) is 6.09. The Morgan fingerprint density at radius 2 is 1.77 bits per heavy atom. The number of carboxylic acids is 1. The highest BCUT2D eigenvalue weighted by molar-refractivity contribution is 5.76. The normalized spacial score (nSPS) is 41.3. The molecule has 2 fully saturated rings. The number of aliphatic hydroxyl groups excluding tert-OH is 2. The van der Waals surface area contributed by atoms with Gasteiger partial charge in [-0.15, -0.1) is 0 Å². The Bertz CT molecular complexity index is 648. The fraction of sp³-hybridized carbons (Fsp3) is 0.917. The van der Waals surface area contributed by atoms with Crippen LogP contribution in [0.1, 0.15) is 86.0 Å². The maximum absolute atomic E-state index is 11.6. The molecule has 0 bridgehead atoms. The van der Waals surface area contributed by atoms with Crippen LogP contribution in [0.25, 0.3) is 0 Å². The first-order valence-electron chi connectivity index (χ1n) is 11.7. The summed E-state index contributed by atoms with van der Waals surface area (Å²) in [6, 6.07) is 0. The second kappa shape index (κ2) is 9.75. The summed E-state index contributed by atoms with van der Waals surface area (Å²) in [5.41, 5.74) is -1.88. The summed E-state index contributed by atoms with van der Waals surface area (Å²) in [5, 5.41) is 40.9. The molecule has 2 aliphatic carbocycles. The number of esters is 1. The van der Waals surface area contributed by atoms with Crippen molar-refractivity contribution >= 4 is 11.9 Å². The van der Waals surface area contributed by atoms with Crippen LogP contribution in [0.4, 0.5) is 0 Å². The highest BCUT2D eigenvalue weighted by Crippen LogP contribution is 2.64. The topological polar surface area (TPSA) is 124 Å². The van der Waals surface area contributed by atoms with Crippen molar-refractivity contribution in [2.45, 2.75) is 104 Å². The minimum Gasteiger partial charge on any atom is -0.481 e. The lowest BCUT2D eigenvalue weighted by Crippen LogP contribution is -2.68.